The van der Waals surface area contributed by atoms with Gasteiger partial charge >= 0.3 is 0 Å². The molecule has 4 rings (SSSR count). The second kappa shape index (κ2) is 11.1. The van der Waals surface area contributed by atoms with Crippen LogP contribution in [0.5, 0.6) is 5.75 Å². The summed E-state index contributed by atoms with van der Waals surface area (Å²) in [5.74, 6) is 0.00627. The first-order valence-electron chi connectivity index (χ1n) is 12.5. The number of aliphatic hydroxyl groups excluding tert-OH is 1. The van der Waals surface area contributed by atoms with E-state index in [2.05, 4.69) is 11.1 Å². The molecule has 1 aromatic carbocycles. The Morgan fingerprint density at radius 3 is 2.69 bits per heavy atom. The zero-order valence-electron chi connectivity index (χ0n) is 21.1. The average Bonchev–Trinajstić information content (AvgIpc) is 3.41. The maximum absolute atomic E-state index is 13.6. The van der Waals surface area contributed by atoms with Gasteiger partial charge in [-0.2, -0.15) is 4.31 Å². The van der Waals surface area contributed by atoms with Gasteiger partial charge in [0, 0.05) is 37.9 Å². The van der Waals surface area contributed by atoms with Crippen LogP contribution >= 0.6 is 0 Å². The van der Waals surface area contributed by atoms with E-state index in [1.54, 1.807) is 37.3 Å². The lowest BCUT2D eigenvalue weighted by Crippen LogP contribution is -2.50. The number of likely N-dealkylation sites (N-methyl/N-ethyl adjacent to an activating group) is 1. The topological polar surface area (TPSA) is 100 Å². The van der Waals surface area contributed by atoms with Crippen LogP contribution in [-0.4, -0.2) is 72.5 Å². The van der Waals surface area contributed by atoms with Crippen molar-refractivity contribution >= 4 is 21.5 Å². The Kier molecular flexibility index (Phi) is 8.12. The quantitative estimate of drug-likeness (QED) is 0.611. The van der Waals surface area contributed by atoms with Gasteiger partial charge in [0.2, 0.25) is 15.9 Å². The third-order valence-corrected chi connectivity index (χ3v) is 9.08. The summed E-state index contributed by atoms with van der Waals surface area (Å²) in [7, 11) is -2.15. The number of rotatable bonds is 7. The number of allylic oxidation sites excluding steroid dienone is 2. The number of fused-ring (bicyclic) bond motifs is 1. The highest BCUT2D eigenvalue weighted by Crippen LogP contribution is 2.37. The van der Waals surface area contributed by atoms with Gasteiger partial charge in [0.15, 0.2) is 0 Å². The Balaban J connectivity index is 1.66. The molecule has 0 fully saturated rings. The van der Waals surface area contributed by atoms with Gasteiger partial charge in [-0.1, -0.05) is 19.1 Å². The number of aromatic nitrogens is 1. The number of aliphatic hydroxyl groups is 1. The van der Waals surface area contributed by atoms with Crippen LogP contribution in [0, 0.1) is 5.92 Å². The largest absolute Gasteiger partial charge is 0.487 e. The Labute approximate surface area is 213 Å². The number of sulfonamides is 1. The molecule has 0 radical (unpaired) electrons. The van der Waals surface area contributed by atoms with Gasteiger partial charge in [-0.15, -0.1) is 0 Å². The zero-order valence-corrected chi connectivity index (χ0v) is 21.9. The fourth-order valence-electron chi connectivity index (χ4n) is 4.76. The summed E-state index contributed by atoms with van der Waals surface area (Å²) in [6.45, 7) is 3.81. The first-order valence-corrected chi connectivity index (χ1v) is 13.9. The van der Waals surface area contributed by atoms with Gasteiger partial charge in [-0.05, 0) is 67.2 Å². The van der Waals surface area contributed by atoms with Crippen LogP contribution in [0.15, 0.2) is 53.7 Å². The minimum atomic E-state index is -3.89. The van der Waals surface area contributed by atoms with E-state index >= 15 is 0 Å². The lowest BCUT2D eigenvalue weighted by molar-refractivity contribution is -0.130. The van der Waals surface area contributed by atoms with Crippen molar-refractivity contribution in [3.8, 4) is 5.75 Å². The second-order valence-electron chi connectivity index (χ2n) is 9.83. The molecule has 8 nitrogen and oxygen atoms in total. The summed E-state index contributed by atoms with van der Waals surface area (Å²) < 4.78 is 35.1. The van der Waals surface area contributed by atoms with Crippen LogP contribution in [0.2, 0.25) is 0 Å². The summed E-state index contributed by atoms with van der Waals surface area (Å²) in [4.78, 5) is 18.7. The third-order valence-electron chi connectivity index (χ3n) is 7.06. The van der Waals surface area contributed by atoms with E-state index in [9.17, 15) is 18.3 Å². The molecule has 3 atom stereocenters. The highest BCUT2D eigenvalue weighted by Gasteiger charge is 2.38. The molecule has 0 saturated heterocycles. The van der Waals surface area contributed by atoms with E-state index < -0.39 is 22.2 Å². The maximum Gasteiger partial charge on any atom is 0.247 e. The van der Waals surface area contributed by atoms with Gasteiger partial charge < -0.3 is 14.7 Å². The van der Waals surface area contributed by atoms with Crippen LogP contribution < -0.4 is 4.74 Å². The number of amides is 1. The van der Waals surface area contributed by atoms with Gasteiger partial charge in [0.05, 0.1) is 19.6 Å². The van der Waals surface area contributed by atoms with Crippen molar-refractivity contribution in [2.24, 2.45) is 5.92 Å². The molecule has 194 valence electrons. The Morgan fingerprint density at radius 1 is 1.28 bits per heavy atom. The SMILES string of the molecule is C[C@H]1CN([C@@H](C)CO)S(=O)(=O)c2ccc(C3=CCCC3)cc2O[C@H]1CN(C)C(=O)Cc1ccncc1. The summed E-state index contributed by atoms with van der Waals surface area (Å²) in [6.07, 6.45) is 8.36. The van der Waals surface area contributed by atoms with E-state index in [0.717, 1.165) is 30.4 Å². The summed E-state index contributed by atoms with van der Waals surface area (Å²) >= 11 is 0. The van der Waals surface area contributed by atoms with Crippen molar-refractivity contribution in [3.05, 3.63) is 59.9 Å². The van der Waals surface area contributed by atoms with Crippen LogP contribution in [0.1, 0.15) is 44.2 Å². The molecule has 2 aliphatic rings. The number of hydrogen-bond donors (Lipinski definition) is 1. The summed E-state index contributed by atoms with van der Waals surface area (Å²) in [6, 6.07) is 8.30. The van der Waals surface area contributed by atoms with Crippen LogP contribution in [-0.2, 0) is 21.2 Å². The minimum absolute atomic E-state index is 0.0580. The summed E-state index contributed by atoms with van der Waals surface area (Å²) in [5, 5.41) is 9.83. The van der Waals surface area contributed by atoms with Gasteiger partial charge in [-0.3, -0.25) is 9.78 Å². The van der Waals surface area contributed by atoms with Crippen molar-refractivity contribution in [2.75, 3.05) is 26.7 Å². The molecule has 2 heterocycles. The number of nitrogens with zero attached hydrogens (tertiary/aromatic N) is 3. The van der Waals surface area contributed by atoms with Crippen molar-refractivity contribution in [3.63, 3.8) is 0 Å². The molecule has 0 saturated carbocycles. The van der Waals surface area contributed by atoms with Gasteiger partial charge in [0.25, 0.3) is 0 Å². The fourth-order valence-corrected chi connectivity index (χ4v) is 6.58. The first-order chi connectivity index (χ1) is 17.2. The molecule has 0 bridgehead atoms. The van der Waals surface area contributed by atoms with Crippen LogP contribution in [0.4, 0.5) is 0 Å². The lowest BCUT2D eigenvalue weighted by Gasteiger charge is -2.37. The van der Waals surface area contributed by atoms with Gasteiger partial charge in [0.1, 0.15) is 16.7 Å². The van der Waals surface area contributed by atoms with E-state index in [1.165, 1.54) is 9.88 Å². The highest BCUT2D eigenvalue weighted by atomic mass is 32.2. The number of carbonyl (C=O) groups excluding carboxylic acids is 1. The molecule has 1 aromatic heterocycles. The number of hydrogen-bond acceptors (Lipinski definition) is 6. The molecular weight excluding hydrogens is 478 g/mol. The molecule has 0 spiro atoms. The lowest BCUT2D eigenvalue weighted by atomic mass is 10.0. The first kappa shape index (κ1) is 26.3. The maximum atomic E-state index is 13.6. The number of benzene rings is 1. The molecule has 1 amide bonds. The molecule has 36 heavy (non-hydrogen) atoms. The summed E-state index contributed by atoms with van der Waals surface area (Å²) in [5.41, 5.74) is 3.02. The third kappa shape index (κ3) is 5.63. The van der Waals surface area contributed by atoms with Crippen LogP contribution in [0.25, 0.3) is 5.57 Å². The van der Waals surface area contributed by atoms with E-state index in [1.807, 2.05) is 31.2 Å². The van der Waals surface area contributed by atoms with Crippen molar-refractivity contribution in [2.45, 2.75) is 56.6 Å². The zero-order chi connectivity index (χ0) is 25.9. The number of pyridine rings is 1. The second-order valence-corrected chi connectivity index (χ2v) is 11.7. The molecule has 9 heteroatoms. The normalized spacial score (nSPS) is 22.5. The molecule has 0 unspecified atom stereocenters. The molecule has 2 aromatic rings. The predicted molar refractivity (Wildman–Crippen MR) is 138 cm³/mol. The number of carbonyl (C=O) groups is 1. The minimum Gasteiger partial charge on any atom is -0.487 e. The van der Waals surface area contributed by atoms with E-state index in [4.69, 9.17) is 4.74 Å². The van der Waals surface area contributed by atoms with Crippen LogP contribution in [0.3, 0.4) is 0 Å². The van der Waals surface area contributed by atoms with Crippen molar-refractivity contribution in [1.82, 2.24) is 14.2 Å². The fraction of sp³-hybridized carbons (Fsp3) is 0.481. The molecular formula is C27H35N3O5S. The van der Waals surface area contributed by atoms with Crippen molar-refractivity contribution in [1.29, 1.82) is 0 Å². The average molecular weight is 514 g/mol. The van der Waals surface area contributed by atoms with Crippen molar-refractivity contribution < 1.29 is 23.1 Å². The Hall–Kier alpha value is -2.75. The monoisotopic (exact) mass is 513 g/mol. The standard InChI is InChI=1S/C27H35N3O5S/c1-19-16-30(20(2)18-31)36(33,34)26-9-8-23(22-6-4-5-7-22)15-24(26)35-25(19)17-29(3)27(32)14-21-10-12-28-13-11-21/h6,8-13,15,19-20,25,31H,4-5,7,14,16-18H2,1-3H3/t19-,20-,25-/m0/s1. The Morgan fingerprint density at radius 2 is 2.03 bits per heavy atom. The smallest absolute Gasteiger partial charge is 0.247 e. The van der Waals surface area contributed by atoms with Gasteiger partial charge in [-0.25, -0.2) is 8.42 Å². The molecule has 1 N–H and O–H groups in total. The predicted octanol–water partition coefficient (Wildman–Crippen LogP) is 3.12. The van der Waals surface area contributed by atoms with E-state index in [-0.39, 0.29) is 36.3 Å². The number of ether oxygens (including phenoxy) is 1. The molecule has 1 aliphatic heterocycles. The van der Waals surface area contributed by atoms with E-state index in [0.29, 0.717) is 12.3 Å². The highest BCUT2D eigenvalue weighted by molar-refractivity contribution is 7.89. The Bertz CT molecular complexity index is 1220. The molecule has 1 aliphatic carbocycles.